The Balaban J connectivity index is 1.97. The van der Waals surface area contributed by atoms with Gasteiger partial charge in [-0.2, -0.15) is 0 Å². The predicted octanol–water partition coefficient (Wildman–Crippen LogP) is 2.46. The summed E-state index contributed by atoms with van der Waals surface area (Å²) in [6, 6.07) is 6.26. The molecule has 2 heterocycles. The second-order valence-electron chi connectivity index (χ2n) is 5.50. The third kappa shape index (κ3) is 2.00. The van der Waals surface area contributed by atoms with E-state index in [-0.39, 0.29) is 5.60 Å². The van der Waals surface area contributed by atoms with Crippen LogP contribution in [0.25, 0.3) is 0 Å². The number of nitrogens with zero attached hydrogens (tertiary/aromatic N) is 1. The lowest BCUT2D eigenvalue weighted by molar-refractivity contribution is 0.0420. The summed E-state index contributed by atoms with van der Waals surface area (Å²) in [5.74, 6) is 0.986. The number of ether oxygens (including phenoxy) is 1. The zero-order valence-electron chi connectivity index (χ0n) is 10.9. The number of likely N-dealkylation sites (N-methyl/N-ethyl adjacent to an activating group) is 1. The Morgan fingerprint density at radius 1 is 1.50 bits per heavy atom. The largest absolute Gasteiger partial charge is 0.485 e. The summed E-state index contributed by atoms with van der Waals surface area (Å²) in [5, 5.41) is 4.17. The van der Waals surface area contributed by atoms with Crippen LogP contribution in [0.15, 0.2) is 18.2 Å². The average molecular weight is 267 g/mol. The molecule has 3 nitrogen and oxygen atoms in total. The van der Waals surface area contributed by atoms with E-state index >= 15 is 0 Å². The predicted molar refractivity (Wildman–Crippen MR) is 73.3 cm³/mol. The Morgan fingerprint density at radius 3 is 3.00 bits per heavy atom. The molecule has 0 radical (unpaired) electrons. The number of hydrogen-bond acceptors (Lipinski definition) is 3. The highest BCUT2D eigenvalue weighted by Gasteiger charge is 2.44. The lowest BCUT2D eigenvalue weighted by Gasteiger charge is -2.39. The minimum Gasteiger partial charge on any atom is -0.485 e. The van der Waals surface area contributed by atoms with E-state index in [1.165, 1.54) is 5.56 Å². The molecule has 0 amide bonds. The number of rotatable bonds is 1. The molecule has 2 atom stereocenters. The summed E-state index contributed by atoms with van der Waals surface area (Å²) in [4.78, 5) is 2.34. The first-order valence-corrected chi connectivity index (χ1v) is 6.84. The van der Waals surface area contributed by atoms with Crippen LogP contribution in [-0.4, -0.2) is 37.7 Å². The van der Waals surface area contributed by atoms with Gasteiger partial charge in [-0.25, -0.2) is 0 Å². The normalized spacial score (nSPS) is 31.4. The molecule has 1 aromatic rings. The van der Waals surface area contributed by atoms with Crippen LogP contribution in [0.4, 0.5) is 0 Å². The van der Waals surface area contributed by atoms with Crippen molar-refractivity contribution in [2.45, 2.75) is 24.5 Å². The van der Waals surface area contributed by atoms with Gasteiger partial charge >= 0.3 is 0 Å². The van der Waals surface area contributed by atoms with Crippen LogP contribution in [0.5, 0.6) is 5.75 Å². The van der Waals surface area contributed by atoms with Gasteiger partial charge < -0.3 is 15.0 Å². The van der Waals surface area contributed by atoms with Crippen molar-refractivity contribution in [3.63, 3.8) is 0 Å². The molecule has 1 aromatic carbocycles. The van der Waals surface area contributed by atoms with E-state index in [2.05, 4.69) is 17.3 Å². The van der Waals surface area contributed by atoms with Gasteiger partial charge in [-0.05, 0) is 32.3 Å². The fourth-order valence-electron chi connectivity index (χ4n) is 3.19. The summed E-state index contributed by atoms with van der Waals surface area (Å²) in [6.07, 6.45) is 2.12. The molecule has 0 aromatic heterocycles. The van der Waals surface area contributed by atoms with Crippen molar-refractivity contribution in [2.75, 3.05) is 27.2 Å². The molecule has 0 aliphatic carbocycles. The Labute approximate surface area is 113 Å². The standard InChI is InChI=1S/C14H19ClN2O/c1-16-12-8-14(5-6-17(2)9-14)18-13-4-3-10(15)7-11(12)13/h3-4,7,12,16H,5-6,8-9H2,1-2H3. The number of likely N-dealkylation sites (tertiary alicyclic amines) is 1. The monoisotopic (exact) mass is 266 g/mol. The molecule has 0 bridgehead atoms. The average Bonchev–Trinajstić information content (AvgIpc) is 2.70. The summed E-state index contributed by atoms with van der Waals surface area (Å²) in [5.41, 5.74) is 1.16. The second kappa shape index (κ2) is 4.41. The maximum atomic E-state index is 6.30. The molecule has 2 aliphatic heterocycles. The number of fused-ring (bicyclic) bond motifs is 1. The lowest BCUT2D eigenvalue weighted by atomic mass is 9.86. The van der Waals surface area contributed by atoms with Crippen LogP contribution in [0.2, 0.25) is 5.02 Å². The molecule has 2 aliphatic rings. The third-order valence-electron chi connectivity index (χ3n) is 4.11. The van der Waals surface area contributed by atoms with E-state index < -0.39 is 0 Å². The minimum atomic E-state index is -0.0245. The molecule has 1 saturated heterocycles. The smallest absolute Gasteiger partial charge is 0.125 e. The molecular formula is C14H19ClN2O. The van der Waals surface area contributed by atoms with Crippen LogP contribution in [0.3, 0.4) is 0 Å². The first kappa shape index (κ1) is 12.3. The fourth-order valence-corrected chi connectivity index (χ4v) is 3.37. The highest BCUT2D eigenvalue weighted by Crippen LogP contribution is 2.44. The summed E-state index contributed by atoms with van der Waals surface area (Å²) >= 11 is 6.08. The highest BCUT2D eigenvalue weighted by molar-refractivity contribution is 6.30. The van der Waals surface area contributed by atoms with E-state index in [4.69, 9.17) is 16.3 Å². The minimum absolute atomic E-state index is 0.0245. The van der Waals surface area contributed by atoms with E-state index in [9.17, 15) is 0 Å². The maximum Gasteiger partial charge on any atom is 0.125 e. The van der Waals surface area contributed by atoms with Crippen LogP contribution < -0.4 is 10.1 Å². The Kier molecular flexibility index (Phi) is 3.00. The molecule has 2 unspecified atom stereocenters. The molecule has 18 heavy (non-hydrogen) atoms. The second-order valence-corrected chi connectivity index (χ2v) is 5.94. The first-order chi connectivity index (χ1) is 8.62. The SMILES string of the molecule is CNC1CC2(CCN(C)C2)Oc2ccc(Cl)cc21. The maximum absolute atomic E-state index is 6.30. The Morgan fingerprint density at radius 2 is 2.33 bits per heavy atom. The quantitative estimate of drug-likeness (QED) is 0.845. The molecule has 1 spiro atoms. The molecule has 3 rings (SSSR count). The lowest BCUT2D eigenvalue weighted by Crippen LogP contribution is -2.45. The van der Waals surface area contributed by atoms with Crippen LogP contribution in [0, 0.1) is 0 Å². The van der Waals surface area contributed by atoms with Gasteiger partial charge in [-0.3, -0.25) is 0 Å². The molecule has 0 saturated carbocycles. The Hall–Kier alpha value is -0.770. The number of benzene rings is 1. The van der Waals surface area contributed by atoms with E-state index in [1.807, 2.05) is 25.2 Å². The van der Waals surface area contributed by atoms with Gasteiger partial charge in [-0.15, -0.1) is 0 Å². The van der Waals surface area contributed by atoms with Gasteiger partial charge in [0.2, 0.25) is 0 Å². The zero-order valence-corrected chi connectivity index (χ0v) is 11.6. The molecule has 1 N–H and O–H groups in total. The van der Waals surface area contributed by atoms with Crippen molar-refractivity contribution in [3.8, 4) is 5.75 Å². The Bertz CT molecular complexity index is 465. The van der Waals surface area contributed by atoms with Crippen LogP contribution in [0.1, 0.15) is 24.4 Å². The van der Waals surface area contributed by atoms with Crippen molar-refractivity contribution >= 4 is 11.6 Å². The highest BCUT2D eigenvalue weighted by atomic mass is 35.5. The number of hydrogen-bond donors (Lipinski definition) is 1. The zero-order chi connectivity index (χ0) is 12.8. The summed E-state index contributed by atoms with van der Waals surface area (Å²) in [7, 11) is 4.16. The fraction of sp³-hybridized carbons (Fsp3) is 0.571. The van der Waals surface area contributed by atoms with E-state index in [0.29, 0.717) is 6.04 Å². The van der Waals surface area contributed by atoms with Crippen molar-refractivity contribution in [1.82, 2.24) is 10.2 Å². The van der Waals surface area contributed by atoms with Gasteiger partial charge in [0.15, 0.2) is 0 Å². The van der Waals surface area contributed by atoms with Gasteiger partial charge in [0.25, 0.3) is 0 Å². The topological polar surface area (TPSA) is 24.5 Å². The van der Waals surface area contributed by atoms with Crippen LogP contribution >= 0.6 is 11.6 Å². The van der Waals surface area contributed by atoms with E-state index in [0.717, 1.165) is 36.7 Å². The van der Waals surface area contributed by atoms with Crippen molar-refractivity contribution in [1.29, 1.82) is 0 Å². The molecule has 4 heteroatoms. The molecular weight excluding hydrogens is 248 g/mol. The molecule has 1 fully saturated rings. The van der Waals surface area contributed by atoms with Crippen molar-refractivity contribution in [2.24, 2.45) is 0 Å². The van der Waals surface area contributed by atoms with Gasteiger partial charge in [0.05, 0.1) is 0 Å². The summed E-state index contributed by atoms with van der Waals surface area (Å²) < 4.78 is 6.30. The number of nitrogens with one attached hydrogen (secondary N) is 1. The number of halogens is 1. The van der Waals surface area contributed by atoms with E-state index in [1.54, 1.807) is 0 Å². The first-order valence-electron chi connectivity index (χ1n) is 6.46. The van der Waals surface area contributed by atoms with Gasteiger partial charge in [-0.1, -0.05) is 11.6 Å². The summed E-state index contributed by atoms with van der Waals surface area (Å²) in [6.45, 7) is 2.12. The van der Waals surface area contributed by atoms with Crippen molar-refractivity contribution < 1.29 is 4.74 Å². The van der Waals surface area contributed by atoms with Gasteiger partial charge in [0.1, 0.15) is 11.4 Å². The van der Waals surface area contributed by atoms with Crippen LogP contribution in [-0.2, 0) is 0 Å². The molecule has 98 valence electrons. The van der Waals surface area contributed by atoms with Gasteiger partial charge in [0, 0.05) is 42.6 Å². The van der Waals surface area contributed by atoms with Crippen molar-refractivity contribution in [3.05, 3.63) is 28.8 Å². The third-order valence-corrected chi connectivity index (χ3v) is 4.34.